The van der Waals surface area contributed by atoms with Crippen LogP contribution in [0.3, 0.4) is 0 Å². The SMILES string of the molecule is Cc1cc(N)nc(-c2c(SC(F)(F)F)cc3c(N4CC5CCC(C4)N5)nc(OC[C@@]45CCCN4C[C@H](F)C5)nc3c2F)c1C(F)(F)F. The van der Waals surface area contributed by atoms with E-state index in [0.29, 0.717) is 26.1 Å². The summed E-state index contributed by atoms with van der Waals surface area (Å²) < 4.78 is 122. The highest BCUT2D eigenvalue weighted by atomic mass is 32.2. The number of hydrogen-bond donors (Lipinski definition) is 2. The summed E-state index contributed by atoms with van der Waals surface area (Å²) in [4.78, 5) is 15.5. The quantitative estimate of drug-likeness (QED) is 0.230. The maximum atomic E-state index is 16.9. The lowest BCUT2D eigenvalue weighted by Crippen LogP contribution is -2.51. The van der Waals surface area contributed by atoms with Gasteiger partial charge in [0.15, 0.2) is 5.82 Å². The van der Waals surface area contributed by atoms with Gasteiger partial charge in [-0.05, 0) is 68.6 Å². The number of nitrogens with zero attached hydrogens (tertiary/aromatic N) is 5. The molecule has 3 N–H and O–H groups in total. The molecule has 2 aromatic heterocycles. The molecule has 254 valence electrons. The maximum Gasteiger partial charge on any atom is 0.446 e. The first-order valence-corrected chi connectivity index (χ1v) is 16.1. The molecule has 0 radical (unpaired) electrons. The highest BCUT2D eigenvalue weighted by Gasteiger charge is 2.49. The number of hydrogen-bond acceptors (Lipinski definition) is 9. The zero-order valence-electron chi connectivity index (χ0n) is 25.1. The Morgan fingerprint density at radius 1 is 1.06 bits per heavy atom. The average molecular weight is 690 g/mol. The van der Waals surface area contributed by atoms with Crippen molar-refractivity contribution in [3.63, 3.8) is 0 Å². The number of anilines is 2. The first kappa shape index (κ1) is 32.4. The third-order valence-electron chi connectivity index (χ3n) is 9.58. The zero-order chi connectivity index (χ0) is 33.5. The molecule has 4 saturated heterocycles. The number of pyridine rings is 1. The van der Waals surface area contributed by atoms with Crippen LogP contribution in [0.5, 0.6) is 6.01 Å². The summed E-state index contributed by atoms with van der Waals surface area (Å²) in [6, 6.07) is 1.68. The molecule has 2 bridgehead atoms. The number of halogens is 8. The van der Waals surface area contributed by atoms with E-state index in [0.717, 1.165) is 38.3 Å². The van der Waals surface area contributed by atoms with Crippen LogP contribution in [0.2, 0.25) is 0 Å². The lowest BCUT2D eigenvalue weighted by Gasteiger charge is -2.35. The van der Waals surface area contributed by atoms with Gasteiger partial charge in [-0.2, -0.15) is 36.3 Å². The minimum atomic E-state index is -5.10. The van der Waals surface area contributed by atoms with Crippen molar-refractivity contribution in [2.45, 2.75) is 79.4 Å². The first-order chi connectivity index (χ1) is 22.1. The van der Waals surface area contributed by atoms with Crippen molar-refractivity contribution in [3.8, 4) is 17.3 Å². The fraction of sp³-hybridized carbons (Fsp3) is 0.567. The second-order valence-corrected chi connectivity index (χ2v) is 13.9. The molecular formula is C30H31F8N7OS. The minimum absolute atomic E-state index is 0.0180. The van der Waals surface area contributed by atoms with Crippen LogP contribution < -0.4 is 20.7 Å². The number of nitrogen functional groups attached to an aromatic ring is 1. The largest absolute Gasteiger partial charge is 0.461 e. The Kier molecular flexibility index (Phi) is 7.90. The molecule has 2 unspecified atom stereocenters. The van der Waals surface area contributed by atoms with Crippen molar-refractivity contribution < 1.29 is 39.9 Å². The van der Waals surface area contributed by atoms with Gasteiger partial charge < -0.3 is 20.7 Å². The molecule has 4 aliphatic heterocycles. The summed E-state index contributed by atoms with van der Waals surface area (Å²) in [5, 5.41) is 3.33. The molecule has 0 saturated carbocycles. The van der Waals surface area contributed by atoms with Crippen molar-refractivity contribution in [2.75, 3.05) is 43.4 Å². The van der Waals surface area contributed by atoms with Crippen molar-refractivity contribution >= 4 is 34.3 Å². The standard InChI is InChI=1S/C30H31F8N7OS/c1-14-7-20(39)41-25(22(14)29(33,34)35)21-19(47-30(36,37)38)8-18-24(23(21)32)42-27(43-26(18)44-11-16-3-4-17(12-44)40-16)46-13-28-5-2-6-45(28)10-15(31)9-28/h7-8,15-17,40H,2-6,9-13H2,1H3,(H2,39,41)/t15-,16?,17?,28+/m1/s1. The third kappa shape index (κ3) is 6.03. The van der Waals surface area contributed by atoms with Gasteiger partial charge in [-0.25, -0.2) is 13.8 Å². The van der Waals surface area contributed by atoms with E-state index in [-0.39, 0.29) is 48.9 Å². The van der Waals surface area contributed by atoms with Gasteiger partial charge in [0, 0.05) is 48.4 Å². The molecule has 3 aromatic rings. The van der Waals surface area contributed by atoms with Crippen molar-refractivity contribution in [3.05, 3.63) is 29.1 Å². The van der Waals surface area contributed by atoms with Gasteiger partial charge >= 0.3 is 17.7 Å². The van der Waals surface area contributed by atoms with Crippen molar-refractivity contribution in [1.29, 1.82) is 0 Å². The maximum absolute atomic E-state index is 16.9. The topological polar surface area (TPSA) is 92.4 Å². The van der Waals surface area contributed by atoms with Gasteiger partial charge in [0.25, 0.3) is 0 Å². The van der Waals surface area contributed by atoms with Crippen LogP contribution in [0.15, 0.2) is 17.0 Å². The number of rotatable bonds is 6. The van der Waals surface area contributed by atoms with Gasteiger partial charge in [-0.1, -0.05) is 0 Å². The van der Waals surface area contributed by atoms with Crippen LogP contribution in [-0.4, -0.2) is 81.9 Å². The first-order valence-electron chi connectivity index (χ1n) is 15.3. The summed E-state index contributed by atoms with van der Waals surface area (Å²) in [7, 11) is 0. The Balaban J connectivity index is 1.43. The Bertz CT molecular complexity index is 1710. The van der Waals surface area contributed by atoms with E-state index in [1.165, 1.54) is 0 Å². The number of fused-ring (bicyclic) bond motifs is 4. The number of nitrogens with two attached hydrogens (primary N) is 1. The monoisotopic (exact) mass is 689 g/mol. The Labute approximate surface area is 268 Å². The second kappa shape index (κ2) is 11.5. The molecule has 0 spiro atoms. The van der Waals surface area contributed by atoms with Crippen LogP contribution in [0.25, 0.3) is 22.2 Å². The molecule has 1 aromatic carbocycles. The molecule has 7 rings (SSSR count). The molecule has 0 aliphatic carbocycles. The summed E-state index contributed by atoms with van der Waals surface area (Å²) in [5.41, 5.74) is -4.34. The van der Waals surface area contributed by atoms with E-state index in [9.17, 15) is 30.7 Å². The third-order valence-corrected chi connectivity index (χ3v) is 10.4. The van der Waals surface area contributed by atoms with Gasteiger partial charge in [0.1, 0.15) is 29.9 Å². The number of aryl methyl sites for hydroxylation is 1. The predicted molar refractivity (Wildman–Crippen MR) is 159 cm³/mol. The zero-order valence-corrected chi connectivity index (χ0v) is 25.9. The van der Waals surface area contributed by atoms with Crippen molar-refractivity contribution in [1.82, 2.24) is 25.2 Å². The van der Waals surface area contributed by atoms with Crippen LogP contribution in [-0.2, 0) is 6.18 Å². The van der Waals surface area contributed by atoms with Crippen LogP contribution in [0.1, 0.15) is 43.2 Å². The second-order valence-electron chi connectivity index (χ2n) is 12.8. The number of nitrogens with one attached hydrogen (secondary N) is 1. The van der Waals surface area contributed by atoms with Crippen LogP contribution in [0, 0.1) is 12.7 Å². The molecule has 4 aliphatic rings. The van der Waals surface area contributed by atoms with E-state index < -0.39 is 79.6 Å². The average Bonchev–Trinajstić information content (AvgIpc) is 3.60. The fourth-order valence-corrected chi connectivity index (χ4v) is 8.47. The number of benzene rings is 1. The Morgan fingerprint density at radius 3 is 2.47 bits per heavy atom. The highest BCUT2D eigenvalue weighted by molar-refractivity contribution is 8.00. The van der Waals surface area contributed by atoms with Crippen molar-refractivity contribution in [2.24, 2.45) is 0 Å². The number of piperazine rings is 1. The van der Waals surface area contributed by atoms with Gasteiger partial charge in [0.05, 0.1) is 22.4 Å². The molecule has 8 nitrogen and oxygen atoms in total. The summed E-state index contributed by atoms with van der Waals surface area (Å²) in [5.74, 6) is -1.78. The van der Waals surface area contributed by atoms with E-state index in [1.807, 2.05) is 9.80 Å². The Morgan fingerprint density at radius 2 is 1.79 bits per heavy atom. The molecule has 47 heavy (non-hydrogen) atoms. The molecule has 6 heterocycles. The highest BCUT2D eigenvalue weighted by Crippen LogP contribution is 2.49. The van der Waals surface area contributed by atoms with Gasteiger partial charge in [-0.15, -0.1) is 0 Å². The summed E-state index contributed by atoms with van der Waals surface area (Å²) in [6.07, 6.45) is -2.73. The smallest absolute Gasteiger partial charge is 0.446 e. The van der Waals surface area contributed by atoms with Gasteiger partial charge in [-0.3, -0.25) is 4.90 Å². The molecular weight excluding hydrogens is 658 g/mol. The van der Waals surface area contributed by atoms with E-state index in [1.54, 1.807) is 0 Å². The molecule has 0 amide bonds. The van der Waals surface area contributed by atoms with E-state index in [4.69, 9.17) is 10.5 Å². The van der Waals surface area contributed by atoms with Crippen LogP contribution in [0.4, 0.5) is 46.8 Å². The normalized spacial score (nSPS) is 26.4. The van der Waals surface area contributed by atoms with E-state index in [2.05, 4.69) is 20.3 Å². The number of alkyl halides is 7. The molecule has 4 atom stereocenters. The van der Waals surface area contributed by atoms with Gasteiger partial charge in [0.2, 0.25) is 0 Å². The number of thioether (sulfide) groups is 1. The predicted octanol–water partition coefficient (Wildman–Crippen LogP) is 6.25. The molecule has 17 heteroatoms. The van der Waals surface area contributed by atoms with Crippen LogP contribution >= 0.6 is 11.8 Å². The minimum Gasteiger partial charge on any atom is -0.461 e. The number of aromatic nitrogens is 3. The van der Waals surface area contributed by atoms with E-state index >= 15 is 4.39 Å². The summed E-state index contributed by atoms with van der Waals surface area (Å²) >= 11 is -0.755. The lowest BCUT2D eigenvalue weighted by molar-refractivity contribution is -0.137. The number of ether oxygens (including phenoxy) is 1. The summed E-state index contributed by atoms with van der Waals surface area (Å²) in [6.45, 7) is 2.80. The fourth-order valence-electron chi connectivity index (χ4n) is 7.75. The Hall–Kier alpha value is -3.18. The molecule has 4 fully saturated rings. The lowest BCUT2D eigenvalue weighted by atomic mass is 9.95.